The summed E-state index contributed by atoms with van der Waals surface area (Å²) >= 11 is 1.32. The molecule has 0 saturated heterocycles. The zero-order valence-electron chi connectivity index (χ0n) is 17.7. The van der Waals surface area contributed by atoms with E-state index in [-0.39, 0.29) is 11.5 Å². The first-order chi connectivity index (χ1) is 15.0. The number of carbonyl (C=O) groups is 1. The number of fused-ring (bicyclic) bond motifs is 3. The number of benzene rings is 1. The third-order valence-electron chi connectivity index (χ3n) is 5.00. The van der Waals surface area contributed by atoms with Crippen LogP contribution in [0.5, 0.6) is 0 Å². The molecule has 0 aliphatic rings. The van der Waals surface area contributed by atoms with E-state index in [2.05, 4.69) is 27.6 Å². The Morgan fingerprint density at radius 2 is 2.06 bits per heavy atom. The third kappa shape index (κ3) is 4.07. The number of para-hydroxylation sites is 1. The number of thioether (sulfide) groups is 1. The quantitative estimate of drug-likeness (QED) is 0.417. The van der Waals surface area contributed by atoms with E-state index in [0.29, 0.717) is 40.9 Å². The maximum Gasteiger partial charge on any atom is 0.262 e. The largest absolute Gasteiger partial charge is 0.360 e. The Morgan fingerprint density at radius 3 is 2.77 bits per heavy atom. The van der Waals surface area contributed by atoms with Crippen LogP contribution in [0.25, 0.3) is 16.7 Å². The van der Waals surface area contributed by atoms with Crippen LogP contribution < -0.4 is 10.9 Å². The maximum absolute atomic E-state index is 13.0. The molecule has 10 heteroatoms. The van der Waals surface area contributed by atoms with Crippen LogP contribution in [-0.2, 0) is 11.3 Å². The highest BCUT2D eigenvalue weighted by atomic mass is 32.2. The van der Waals surface area contributed by atoms with Crippen molar-refractivity contribution in [1.29, 1.82) is 0 Å². The first-order valence-corrected chi connectivity index (χ1v) is 11.2. The minimum absolute atomic E-state index is 0.0771. The molecule has 162 valence electrons. The molecule has 1 N–H and O–H groups in total. The minimum atomic E-state index is -0.417. The van der Waals surface area contributed by atoms with Crippen molar-refractivity contribution in [2.45, 2.75) is 57.0 Å². The molecule has 3 aromatic heterocycles. The highest BCUT2D eigenvalue weighted by Gasteiger charge is 2.24. The average molecular weight is 441 g/mol. The number of rotatable bonds is 8. The van der Waals surface area contributed by atoms with Gasteiger partial charge in [-0.3, -0.25) is 18.6 Å². The van der Waals surface area contributed by atoms with Gasteiger partial charge < -0.3 is 9.84 Å². The summed E-state index contributed by atoms with van der Waals surface area (Å²) in [4.78, 5) is 25.9. The van der Waals surface area contributed by atoms with Crippen molar-refractivity contribution in [2.75, 3.05) is 5.32 Å². The molecule has 0 bridgehead atoms. The fraction of sp³-hybridized carbons (Fsp3) is 0.381. The molecule has 3 heterocycles. The number of aryl methyl sites for hydroxylation is 2. The van der Waals surface area contributed by atoms with Gasteiger partial charge in [0, 0.05) is 12.6 Å². The molecule has 31 heavy (non-hydrogen) atoms. The average Bonchev–Trinajstić information content (AvgIpc) is 3.38. The number of aromatic nitrogens is 5. The second kappa shape index (κ2) is 8.93. The summed E-state index contributed by atoms with van der Waals surface area (Å²) in [5.74, 6) is 1.30. The number of nitrogens with zero attached hydrogens (tertiary/aromatic N) is 5. The smallest absolute Gasteiger partial charge is 0.262 e. The Bertz CT molecular complexity index is 1290. The lowest BCUT2D eigenvalue weighted by Crippen LogP contribution is -2.25. The third-order valence-corrected chi connectivity index (χ3v) is 6.31. The number of anilines is 1. The topological polar surface area (TPSA) is 107 Å². The van der Waals surface area contributed by atoms with E-state index >= 15 is 0 Å². The minimum Gasteiger partial charge on any atom is -0.360 e. The summed E-state index contributed by atoms with van der Waals surface area (Å²) in [7, 11) is 0. The van der Waals surface area contributed by atoms with Gasteiger partial charge in [0.2, 0.25) is 11.7 Å². The normalized spacial score (nSPS) is 12.5. The van der Waals surface area contributed by atoms with Crippen LogP contribution in [0, 0.1) is 6.92 Å². The number of hydrogen-bond acceptors (Lipinski definition) is 7. The predicted molar refractivity (Wildman–Crippen MR) is 119 cm³/mol. The van der Waals surface area contributed by atoms with E-state index in [1.165, 1.54) is 11.8 Å². The molecule has 0 spiro atoms. The Labute approximate surface area is 182 Å². The highest BCUT2D eigenvalue weighted by Crippen LogP contribution is 2.27. The molecule has 4 aromatic rings. The van der Waals surface area contributed by atoms with Gasteiger partial charge >= 0.3 is 0 Å². The highest BCUT2D eigenvalue weighted by molar-refractivity contribution is 8.00. The number of amides is 1. The molecular formula is C21H24N6O3S. The van der Waals surface area contributed by atoms with Crippen LogP contribution in [-0.4, -0.2) is 35.5 Å². The van der Waals surface area contributed by atoms with E-state index in [1.54, 1.807) is 17.6 Å². The number of carbonyl (C=O) groups excluding carboxylic acids is 1. The van der Waals surface area contributed by atoms with Gasteiger partial charge in [-0.15, -0.1) is 10.2 Å². The molecular weight excluding hydrogens is 416 g/mol. The first-order valence-electron chi connectivity index (χ1n) is 10.3. The van der Waals surface area contributed by atoms with Crippen molar-refractivity contribution in [1.82, 2.24) is 24.3 Å². The second-order valence-corrected chi connectivity index (χ2v) is 8.44. The molecule has 1 amide bonds. The monoisotopic (exact) mass is 440 g/mol. The van der Waals surface area contributed by atoms with Crippen molar-refractivity contribution < 1.29 is 9.32 Å². The molecule has 0 aliphatic heterocycles. The van der Waals surface area contributed by atoms with Gasteiger partial charge in [0.1, 0.15) is 5.76 Å². The van der Waals surface area contributed by atoms with Gasteiger partial charge in [-0.2, -0.15) is 0 Å². The Hall–Kier alpha value is -3.14. The summed E-state index contributed by atoms with van der Waals surface area (Å²) in [5, 5.41) is 16.0. The molecule has 1 aromatic carbocycles. The number of unbranched alkanes of at least 4 members (excludes halogenated alkanes) is 1. The summed E-state index contributed by atoms with van der Waals surface area (Å²) < 4.78 is 8.55. The lowest BCUT2D eigenvalue weighted by atomic mass is 10.2. The Balaban J connectivity index is 1.74. The second-order valence-electron chi connectivity index (χ2n) is 7.27. The van der Waals surface area contributed by atoms with Gasteiger partial charge in [-0.25, -0.2) is 0 Å². The summed E-state index contributed by atoms with van der Waals surface area (Å²) in [6, 6.07) is 9.08. The van der Waals surface area contributed by atoms with Gasteiger partial charge in [0.05, 0.1) is 16.2 Å². The molecule has 1 atom stereocenters. The lowest BCUT2D eigenvalue weighted by Gasteiger charge is -2.14. The van der Waals surface area contributed by atoms with Crippen molar-refractivity contribution in [3.63, 3.8) is 0 Å². The lowest BCUT2D eigenvalue weighted by molar-refractivity contribution is -0.115. The van der Waals surface area contributed by atoms with Crippen LogP contribution in [0.15, 0.2) is 44.8 Å². The molecule has 9 nitrogen and oxygen atoms in total. The fourth-order valence-electron chi connectivity index (χ4n) is 3.41. The van der Waals surface area contributed by atoms with Gasteiger partial charge in [0.15, 0.2) is 11.0 Å². The summed E-state index contributed by atoms with van der Waals surface area (Å²) in [6.45, 7) is 6.34. The van der Waals surface area contributed by atoms with Crippen molar-refractivity contribution in [2.24, 2.45) is 0 Å². The van der Waals surface area contributed by atoms with E-state index in [9.17, 15) is 9.59 Å². The molecule has 0 saturated carbocycles. The van der Waals surface area contributed by atoms with E-state index < -0.39 is 5.25 Å². The molecule has 1 unspecified atom stereocenters. The van der Waals surface area contributed by atoms with Crippen LogP contribution >= 0.6 is 11.8 Å². The van der Waals surface area contributed by atoms with Crippen molar-refractivity contribution >= 4 is 40.2 Å². The Kier molecular flexibility index (Phi) is 6.08. The number of hydrogen-bond donors (Lipinski definition) is 1. The van der Waals surface area contributed by atoms with E-state index in [0.717, 1.165) is 18.4 Å². The van der Waals surface area contributed by atoms with Crippen LogP contribution in [0.2, 0.25) is 0 Å². The maximum atomic E-state index is 13.0. The number of nitrogens with one attached hydrogen (secondary N) is 1. The summed E-state index contributed by atoms with van der Waals surface area (Å²) in [6.07, 6.45) is 2.40. The van der Waals surface area contributed by atoms with Gasteiger partial charge in [-0.05, 0) is 31.9 Å². The summed E-state index contributed by atoms with van der Waals surface area (Å²) in [5.41, 5.74) is 0.650. The molecule has 4 rings (SSSR count). The molecule has 0 aliphatic carbocycles. The first kappa shape index (κ1) is 21.1. The van der Waals surface area contributed by atoms with Gasteiger partial charge in [-0.1, -0.05) is 49.3 Å². The predicted octanol–water partition coefficient (Wildman–Crippen LogP) is 3.65. The fourth-order valence-corrected chi connectivity index (χ4v) is 4.37. The van der Waals surface area contributed by atoms with Crippen molar-refractivity contribution in [3.8, 4) is 0 Å². The zero-order chi connectivity index (χ0) is 22.0. The van der Waals surface area contributed by atoms with Crippen LogP contribution in [0.1, 0.15) is 38.9 Å². The SMILES string of the molecule is CCCCn1c(=O)c2ccccc2n2c(SC(CC)C(=O)Nc3cc(C)on3)nnc12. The van der Waals surface area contributed by atoms with Crippen LogP contribution in [0.3, 0.4) is 0 Å². The molecule has 0 radical (unpaired) electrons. The zero-order valence-corrected chi connectivity index (χ0v) is 18.5. The standard InChI is InChI=1S/C21H24N6O3S/c1-4-6-11-26-19(29)14-9-7-8-10-15(14)27-20(26)23-24-21(27)31-16(5-2)18(28)22-17-12-13(3)30-25-17/h7-10,12,16H,4-6,11H2,1-3H3,(H,22,25,28). The van der Waals surface area contributed by atoms with E-state index in [1.807, 2.05) is 35.6 Å². The Morgan fingerprint density at radius 1 is 1.26 bits per heavy atom. The van der Waals surface area contributed by atoms with E-state index in [4.69, 9.17) is 4.52 Å². The van der Waals surface area contributed by atoms with Crippen LogP contribution in [0.4, 0.5) is 5.82 Å². The van der Waals surface area contributed by atoms with Crippen molar-refractivity contribution in [3.05, 3.63) is 46.4 Å². The van der Waals surface area contributed by atoms with Gasteiger partial charge in [0.25, 0.3) is 5.56 Å². The molecule has 0 fully saturated rings.